The van der Waals surface area contributed by atoms with Crippen molar-refractivity contribution in [3.8, 4) is 0 Å². The van der Waals surface area contributed by atoms with Gasteiger partial charge in [-0.1, -0.05) is 5.21 Å². The summed E-state index contributed by atoms with van der Waals surface area (Å²) in [5.41, 5.74) is 0. The molecule has 1 amide bonds. The number of tetrazole rings is 1. The van der Waals surface area contributed by atoms with Gasteiger partial charge >= 0.3 is 0 Å². The van der Waals surface area contributed by atoms with E-state index in [1.165, 1.54) is 14.0 Å². The molecule has 0 aliphatic rings. The summed E-state index contributed by atoms with van der Waals surface area (Å²) < 4.78 is 21.9. The van der Waals surface area contributed by atoms with Gasteiger partial charge in [0.2, 0.25) is 15.9 Å². The van der Waals surface area contributed by atoms with Crippen molar-refractivity contribution in [2.24, 2.45) is 0 Å². The lowest BCUT2D eigenvalue weighted by Crippen LogP contribution is -2.15. The average Bonchev–Trinajstić information content (AvgIpc) is 2.70. The Kier molecular flexibility index (Phi) is 10.1. The normalized spacial score (nSPS) is 9.24. The molecule has 0 spiro atoms. The van der Waals surface area contributed by atoms with E-state index in [0.717, 1.165) is 6.26 Å². The molecule has 17 heavy (non-hydrogen) atoms. The molecule has 0 aliphatic heterocycles. The second-order valence-corrected chi connectivity index (χ2v) is 4.69. The molecule has 0 saturated heterocycles. The van der Waals surface area contributed by atoms with Crippen LogP contribution < -0.4 is 10.0 Å². The molecule has 3 N–H and O–H groups in total. The molecule has 0 aliphatic carbocycles. The van der Waals surface area contributed by atoms with Crippen LogP contribution in [0.15, 0.2) is 0 Å². The molecule has 0 bridgehead atoms. The van der Waals surface area contributed by atoms with Crippen LogP contribution in [0.3, 0.4) is 0 Å². The van der Waals surface area contributed by atoms with E-state index in [9.17, 15) is 13.2 Å². The number of aromatic amines is 1. The fourth-order valence-corrected chi connectivity index (χ4v) is 0.212. The summed E-state index contributed by atoms with van der Waals surface area (Å²) >= 11 is 0. The van der Waals surface area contributed by atoms with Crippen molar-refractivity contribution < 1.29 is 13.2 Å². The summed E-state index contributed by atoms with van der Waals surface area (Å²) in [6.45, 7) is 3.24. The number of amides is 1. The molecule has 0 unspecified atom stereocenters. The van der Waals surface area contributed by atoms with Gasteiger partial charge in [-0.2, -0.15) is 5.21 Å². The van der Waals surface area contributed by atoms with Gasteiger partial charge in [-0.3, -0.25) is 4.79 Å². The van der Waals surface area contributed by atoms with Gasteiger partial charge in [-0.25, -0.2) is 13.1 Å². The predicted molar refractivity (Wildman–Crippen MR) is 62.6 cm³/mol. The lowest BCUT2D eigenvalue weighted by Gasteiger charge is -1.85. The van der Waals surface area contributed by atoms with Gasteiger partial charge in [-0.15, -0.1) is 10.2 Å². The Morgan fingerprint density at radius 1 is 1.35 bits per heavy atom. The fourth-order valence-electron chi connectivity index (χ4n) is 0.212. The average molecular weight is 266 g/mol. The third kappa shape index (κ3) is 20.5. The van der Waals surface area contributed by atoms with Gasteiger partial charge in [0.15, 0.2) is 5.82 Å². The third-order valence-corrected chi connectivity index (χ3v) is 1.92. The Balaban J connectivity index is 0. The first-order chi connectivity index (χ1) is 7.72. The standard InChI is InChI=1S/C3H7NO.C2H4N4.C2H7NO2S/c1-3(5)4-2;1-2-3-5-6-4-2;1-3-6(2,4)5/h1-2H3,(H,4,5);1H3,(H,3,4,5,6);3H,1-2H3. The van der Waals surface area contributed by atoms with Crippen LogP contribution >= 0.6 is 0 Å². The lowest BCUT2D eigenvalue weighted by molar-refractivity contribution is -0.118. The smallest absolute Gasteiger partial charge is 0.216 e. The van der Waals surface area contributed by atoms with Crippen molar-refractivity contribution in [3.05, 3.63) is 5.82 Å². The highest BCUT2D eigenvalue weighted by Gasteiger charge is 1.88. The van der Waals surface area contributed by atoms with Crippen LogP contribution in [-0.2, 0) is 14.8 Å². The second kappa shape index (κ2) is 9.66. The van der Waals surface area contributed by atoms with Crippen molar-refractivity contribution in [2.45, 2.75) is 13.8 Å². The molecule has 0 saturated carbocycles. The maximum Gasteiger partial charge on any atom is 0.216 e. The fraction of sp³-hybridized carbons (Fsp3) is 0.714. The largest absolute Gasteiger partial charge is 0.359 e. The number of hydrogen-bond donors (Lipinski definition) is 3. The highest BCUT2D eigenvalue weighted by molar-refractivity contribution is 7.88. The molecule has 1 rings (SSSR count). The zero-order valence-electron chi connectivity index (χ0n) is 10.5. The topological polar surface area (TPSA) is 130 Å². The molecular formula is C7H18N6O3S. The van der Waals surface area contributed by atoms with Crippen LogP contribution in [0, 0.1) is 6.92 Å². The Labute approximate surface area is 100 Å². The van der Waals surface area contributed by atoms with Crippen molar-refractivity contribution >= 4 is 15.9 Å². The Morgan fingerprint density at radius 3 is 1.82 bits per heavy atom. The van der Waals surface area contributed by atoms with Crippen LogP contribution in [0.1, 0.15) is 12.7 Å². The molecule has 0 radical (unpaired) electrons. The number of hydrogen-bond acceptors (Lipinski definition) is 6. The maximum atomic E-state index is 9.89. The number of aromatic nitrogens is 4. The molecule has 1 aromatic rings. The maximum absolute atomic E-state index is 9.89. The molecular weight excluding hydrogens is 248 g/mol. The number of H-pyrrole nitrogens is 1. The van der Waals surface area contributed by atoms with Crippen LogP contribution in [0.5, 0.6) is 0 Å². The summed E-state index contributed by atoms with van der Waals surface area (Å²) in [6.07, 6.45) is 1.10. The number of rotatable bonds is 1. The first-order valence-electron chi connectivity index (χ1n) is 4.49. The number of nitrogens with one attached hydrogen (secondary N) is 3. The first-order valence-corrected chi connectivity index (χ1v) is 6.39. The van der Waals surface area contributed by atoms with E-state index in [1.807, 2.05) is 0 Å². The van der Waals surface area contributed by atoms with Crippen LogP contribution in [0.4, 0.5) is 0 Å². The molecule has 1 heterocycles. The first kappa shape index (κ1) is 17.8. The summed E-state index contributed by atoms with van der Waals surface area (Å²) in [6, 6.07) is 0. The number of sulfonamides is 1. The zero-order chi connectivity index (χ0) is 13.9. The summed E-state index contributed by atoms with van der Waals surface area (Å²) in [7, 11) is 0.0579. The van der Waals surface area contributed by atoms with Crippen LogP contribution in [-0.4, -0.2) is 55.3 Å². The second-order valence-electron chi connectivity index (χ2n) is 2.74. The minimum atomic E-state index is -2.91. The van der Waals surface area contributed by atoms with Gasteiger partial charge in [0, 0.05) is 14.0 Å². The number of aryl methyl sites for hydroxylation is 1. The number of carbonyl (C=O) groups is 1. The van der Waals surface area contributed by atoms with E-state index in [0.29, 0.717) is 5.82 Å². The Bertz CT molecular complexity index is 388. The Morgan fingerprint density at radius 2 is 1.76 bits per heavy atom. The van der Waals surface area contributed by atoms with Crippen molar-refractivity contribution in [1.82, 2.24) is 30.7 Å². The molecule has 0 atom stereocenters. The van der Waals surface area contributed by atoms with Crippen LogP contribution in [0.25, 0.3) is 0 Å². The third-order valence-electron chi connectivity index (χ3n) is 1.17. The minimum absolute atomic E-state index is 0.00463. The number of carbonyl (C=O) groups excluding carboxylic acids is 1. The summed E-state index contributed by atoms with van der Waals surface area (Å²) in [4.78, 5) is 9.70. The van der Waals surface area contributed by atoms with Crippen molar-refractivity contribution in [3.63, 3.8) is 0 Å². The van der Waals surface area contributed by atoms with Crippen LogP contribution in [0.2, 0.25) is 0 Å². The molecule has 1 aromatic heterocycles. The molecule has 10 heteroatoms. The molecule has 9 nitrogen and oxygen atoms in total. The number of nitrogens with zero attached hydrogens (tertiary/aromatic N) is 3. The van der Waals surface area contributed by atoms with Gasteiger partial charge in [-0.05, 0) is 14.0 Å². The molecule has 0 aromatic carbocycles. The zero-order valence-corrected chi connectivity index (χ0v) is 11.3. The molecule has 0 fully saturated rings. The highest BCUT2D eigenvalue weighted by Crippen LogP contribution is 1.69. The quantitative estimate of drug-likeness (QED) is 0.563. The van der Waals surface area contributed by atoms with Crippen molar-refractivity contribution in [1.29, 1.82) is 0 Å². The lowest BCUT2D eigenvalue weighted by atomic mass is 10.7. The van der Waals surface area contributed by atoms with E-state index in [2.05, 4.69) is 30.7 Å². The highest BCUT2D eigenvalue weighted by atomic mass is 32.2. The van der Waals surface area contributed by atoms with E-state index >= 15 is 0 Å². The summed E-state index contributed by atoms with van der Waals surface area (Å²) in [5.74, 6) is 0.681. The predicted octanol–water partition coefficient (Wildman–Crippen LogP) is -1.57. The van der Waals surface area contributed by atoms with E-state index < -0.39 is 10.0 Å². The van der Waals surface area contributed by atoms with E-state index in [1.54, 1.807) is 14.0 Å². The van der Waals surface area contributed by atoms with Gasteiger partial charge < -0.3 is 5.32 Å². The summed E-state index contributed by atoms with van der Waals surface area (Å²) in [5, 5.41) is 15.1. The van der Waals surface area contributed by atoms with Crippen molar-refractivity contribution in [2.75, 3.05) is 20.4 Å². The van der Waals surface area contributed by atoms with Gasteiger partial charge in [0.05, 0.1) is 6.26 Å². The Hall–Kier alpha value is -1.55. The van der Waals surface area contributed by atoms with E-state index in [-0.39, 0.29) is 5.91 Å². The monoisotopic (exact) mass is 266 g/mol. The minimum Gasteiger partial charge on any atom is -0.359 e. The molecule has 100 valence electrons. The SMILES string of the molecule is CNC(C)=O.CNS(C)(=O)=O.Cc1nn[nH]n1. The van der Waals surface area contributed by atoms with Gasteiger partial charge in [0.25, 0.3) is 0 Å². The van der Waals surface area contributed by atoms with E-state index in [4.69, 9.17) is 0 Å². The van der Waals surface area contributed by atoms with Gasteiger partial charge in [0.1, 0.15) is 0 Å².